The number of carbonyl (C=O) groups is 1. The average molecular weight is 445 g/mol. The molecule has 3 aromatic carbocycles. The van der Waals surface area contributed by atoms with Crippen molar-refractivity contribution in [2.75, 3.05) is 13.7 Å². The van der Waals surface area contributed by atoms with E-state index in [1.54, 1.807) is 0 Å². The van der Waals surface area contributed by atoms with Gasteiger partial charge in [-0.2, -0.15) is 0 Å². The molecule has 1 saturated heterocycles. The number of hydrogen-bond acceptors (Lipinski definition) is 5. The normalized spacial score (nSPS) is 20.6. The van der Waals surface area contributed by atoms with Crippen molar-refractivity contribution in [1.29, 1.82) is 0 Å². The van der Waals surface area contributed by atoms with Crippen LogP contribution in [0.3, 0.4) is 0 Å². The summed E-state index contributed by atoms with van der Waals surface area (Å²) in [6, 6.07) is 28.6. The molecule has 0 spiro atoms. The molecule has 6 nitrogen and oxygen atoms in total. The second kappa shape index (κ2) is 10.4. The van der Waals surface area contributed by atoms with E-state index in [2.05, 4.69) is 4.90 Å². The summed E-state index contributed by atoms with van der Waals surface area (Å²) in [7, 11) is 1.33. The Morgan fingerprint density at radius 1 is 0.970 bits per heavy atom. The van der Waals surface area contributed by atoms with E-state index in [1.165, 1.54) is 7.11 Å². The van der Waals surface area contributed by atoms with Crippen LogP contribution in [0.25, 0.3) is 0 Å². The van der Waals surface area contributed by atoms with Crippen molar-refractivity contribution < 1.29 is 14.5 Å². The summed E-state index contributed by atoms with van der Waals surface area (Å²) < 4.78 is 4.88. The van der Waals surface area contributed by atoms with E-state index in [4.69, 9.17) is 4.74 Å². The van der Waals surface area contributed by atoms with Crippen molar-refractivity contribution in [2.45, 2.75) is 31.0 Å². The minimum atomic E-state index is -0.904. The number of methoxy groups -OCH3 is 1. The summed E-state index contributed by atoms with van der Waals surface area (Å²) in [6.07, 6.45) is 0.0280. The van der Waals surface area contributed by atoms with Crippen LogP contribution in [0.1, 0.15) is 29.0 Å². The van der Waals surface area contributed by atoms with Crippen molar-refractivity contribution in [2.24, 2.45) is 5.92 Å². The molecular weight excluding hydrogens is 416 g/mol. The van der Waals surface area contributed by atoms with Crippen LogP contribution in [0.4, 0.5) is 0 Å². The predicted octanol–water partition coefficient (Wildman–Crippen LogP) is 4.53. The zero-order valence-electron chi connectivity index (χ0n) is 18.6. The molecule has 0 bridgehead atoms. The van der Waals surface area contributed by atoms with Gasteiger partial charge in [-0.25, -0.2) is 0 Å². The molecule has 1 aliphatic rings. The Bertz CT molecular complexity index is 1020. The molecule has 6 heteroatoms. The quantitative estimate of drug-likeness (QED) is 0.290. The number of rotatable bonds is 8. The van der Waals surface area contributed by atoms with Crippen LogP contribution in [-0.4, -0.2) is 41.5 Å². The lowest BCUT2D eigenvalue weighted by atomic mass is 9.80. The fraction of sp³-hybridized carbons (Fsp3) is 0.296. The minimum Gasteiger partial charge on any atom is -0.469 e. The summed E-state index contributed by atoms with van der Waals surface area (Å²) in [5, 5.41) is 12.5. The molecule has 33 heavy (non-hydrogen) atoms. The zero-order chi connectivity index (χ0) is 23.2. The number of carbonyl (C=O) groups excluding carboxylic acids is 1. The lowest BCUT2D eigenvalue weighted by molar-refractivity contribution is -0.532. The maximum Gasteiger partial charge on any atom is 0.306 e. The Balaban J connectivity index is 1.81. The Labute approximate surface area is 194 Å². The highest BCUT2D eigenvalue weighted by atomic mass is 16.6. The predicted molar refractivity (Wildman–Crippen MR) is 126 cm³/mol. The maximum absolute atomic E-state index is 12.5. The molecule has 0 radical (unpaired) electrons. The second-order valence-corrected chi connectivity index (χ2v) is 8.52. The van der Waals surface area contributed by atoms with Gasteiger partial charge in [0.1, 0.15) is 0 Å². The average Bonchev–Trinajstić information content (AvgIpc) is 3.18. The van der Waals surface area contributed by atoms with Crippen LogP contribution < -0.4 is 0 Å². The fourth-order valence-electron chi connectivity index (χ4n) is 5.11. The van der Waals surface area contributed by atoms with Gasteiger partial charge in [0.05, 0.1) is 25.5 Å². The van der Waals surface area contributed by atoms with E-state index in [1.807, 2.05) is 91.0 Å². The molecule has 3 aromatic rings. The van der Waals surface area contributed by atoms with Gasteiger partial charge in [0.25, 0.3) is 0 Å². The van der Waals surface area contributed by atoms with E-state index in [0.29, 0.717) is 13.1 Å². The van der Waals surface area contributed by atoms with Gasteiger partial charge < -0.3 is 4.74 Å². The first-order chi connectivity index (χ1) is 16.1. The molecule has 3 atom stereocenters. The Morgan fingerprint density at radius 3 is 1.97 bits per heavy atom. The number of likely N-dealkylation sites (tertiary alicyclic amines) is 1. The summed E-state index contributed by atoms with van der Waals surface area (Å²) in [5.41, 5.74) is 3.14. The van der Waals surface area contributed by atoms with Gasteiger partial charge in [-0.3, -0.25) is 19.8 Å². The van der Waals surface area contributed by atoms with Crippen molar-refractivity contribution in [3.05, 3.63) is 118 Å². The van der Waals surface area contributed by atoms with Crippen LogP contribution >= 0.6 is 0 Å². The molecule has 0 N–H and O–H groups in total. The monoisotopic (exact) mass is 444 g/mol. The Hall–Kier alpha value is -3.51. The molecule has 0 aromatic heterocycles. The van der Waals surface area contributed by atoms with Gasteiger partial charge in [-0.15, -0.1) is 0 Å². The second-order valence-electron chi connectivity index (χ2n) is 8.52. The highest BCUT2D eigenvalue weighted by Gasteiger charge is 2.53. The molecule has 0 unspecified atom stereocenters. The largest absolute Gasteiger partial charge is 0.469 e. The fourth-order valence-corrected chi connectivity index (χ4v) is 5.11. The third kappa shape index (κ3) is 5.12. The van der Waals surface area contributed by atoms with Crippen LogP contribution in [-0.2, 0) is 16.1 Å². The lowest BCUT2D eigenvalue weighted by Crippen LogP contribution is -2.44. The number of benzene rings is 3. The number of ether oxygens (including phenoxy) is 1. The third-order valence-corrected chi connectivity index (χ3v) is 6.51. The highest BCUT2D eigenvalue weighted by Crippen LogP contribution is 2.41. The van der Waals surface area contributed by atoms with Gasteiger partial charge in [0, 0.05) is 23.9 Å². The highest BCUT2D eigenvalue weighted by molar-refractivity contribution is 5.69. The minimum absolute atomic E-state index is 0.0280. The van der Waals surface area contributed by atoms with Crippen LogP contribution in [0.15, 0.2) is 91.0 Å². The van der Waals surface area contributed by atoms with Crippen molar-refractivity contribution in [3.63, 3.8) is 0 Å². The maximum atomic E-state index is 12.5. The Morgan fingerprint density at radius 2 is 1.48 bits per heavy atom. The molecule has 1 aliphatic heterocycles. The lowest BCUT2D eigenvalue weighted by Gasteiger charge is -2.33. The topological polar surface area (TPSA) is 72.7 Å². The SMILES string of the molecule is COC(=O)C[C@@H]1CN(Cc2ccccc2)[C@@H](C(c2ccccc2)c2ccccc2)[C@H]1[N+](=O)[O-]. The molecular formula is C27H28N2O4. The van der Waals surface area contributed by atoms with Crippen molar-refractivity contribution in [3.8, 4) is 0 Å². The van der Waals surface area contributed by atoms with E-state index in [0.717, 1.165) is 16.7 Å². The van der Waals surface area contributed by atoms with Gasteiger partial charge >= 0.3 is 5.97 Å². The first kappa shape index (κ1) is 22.7. The zero-order valence-corrected chi connectivity index (χ0v) is 18.6. The van der Waals surface area contributed by atoms with E-state index in [9.17, 15) is 14.9 Å². The summed E-state index contributed by atoms with van der Waals surface area (Å²) in [5.74, 6) is -1.06. The summed E-state index contributed by atoms with van der Waals surface area (Å²) in [4.78, 5) is 26.6. The number of nitrogens with zero attached hydrogens (tertiary/aromatic N) is 2. The van der Waals surface area contributed by atoms with Crippen LogP contribution in [0, 0.1) is 16.0 Å². The molecule has 170 valence electrons. The number of hydrogen-bond donors (Lipinski definition) is 0. The molecule has 1 heterocycles. The van der Waals surface area contributed by atoms with Gasteiger partial charge in [0.15, 0.2) is 0 Å². The summed E-state index contributed by atoms with van der Waals surface area (Å²) in [6.45, 7) is 1.03. The third-order valence-electron chi connectivity index (χ3n) is 6.51. The molecule has 0 saturated carbocycles. The standard InChI is InChI=1S/C27H28N2O4/c1-33-24(30)17-23-19-28(18-20-11-5-2-6-12-20)27(26(23)29(31)32)25(21-13-7-3-8-14-21)22-15-9-4-10-16-22/h2-16,23,25-27H,17-19H2,1H3/t23-,26+,27+/m1/s1. The summed E-state index contributed by atoms with van der Waals surface area (Å²) >= 11 is 0. The smallest absolute Gasteiger partial charge is 0.306 e. The van der Waals surface area contributed by atoms with Crippen LogP contribution in [0.2, 0.25) is 0 Å². The van der Waals surface area contributed by atoms with E-state index < -0.39 is 24.0 Å². The van der Waals surface area contributed by atoms with E-state index in [-0.39, 0.29) is 17.3 Å². The first-order valence-corrected chi connectivity index (χ1v) is 11.2. The van der Waals surface area contributed by atoms with Crippen molar-refractivity contribution in [1.82, 2.24) is 4.90 Å². The van der Waals surface area contributed by atoms with Crippen molar-refractivity contribution >= 4 is 5.97 Å². The number of nitro groups is 1. The molecule has 4 rings (SSSR count). The van der Waals surface area contributed by atoms with Gasteiger partial charge in [-0.1, -0.05) is 91.0 Å². The Kier molecular flexibility index (Phi) is 7.15. The molecule has 1 fully saturated rings. The first-order valence-electron chi connectivity index (χ1n) is 11.2. The number of esters is 1. The van der Waals surface area contributed by atoms with E-state index >= 15 is 0 Å². The molecule has 0 amide bonds. The van der Waals surface area contributed by atoms with Crippen LogP contribution in [0.5, 0.6) is 0 Å². The molecule has 0 aliphatic carbocycles. The van der Waals surface area contributed by atoms with Gasteiger partial charge in [0.2, 0.25) is 6.04 Å². The van der Waals surface area contributed by atoms with Gasteiger partial charge in [-0.05, 0) is 16.7 Å².